The standard InChI is InChI=1S/C21H25BrO3/c1-2-14-3-5-17(6-4-14)18(23)12-25-19(24)20-8-15-7-16(9-20)11-21(22,10-15)13-20/h3-6,15-16H,2,7-13H2,1H3/t15-,16+,20?,21?. The Bertz CT molecular complexity index is 680. The minimum absolute atomic E-state index is 0.116. The number of carbonyl (C=O) groups excluding carboxylic acids is 2. The van der Waals surface area contributed by atoms with Gasteiger partial charge in [-0.2, -0.15) is 0 Å². The number of aryl methyl sites for hydroxylation is 1. The molecule has 4 heteroatoms. The number of carbonyl (C=O) groups is 2. The molecular formula is C21H25BrO3. The number of halogens is 1. The summed E-state index contributed by atoms with van der Waals surface area (Å²) < 4.78 is 5.66. The zero-order chi connectivity index (χ0) is 17.7. The summed E-state index contributed by atoms with van der Waals surface area (Å²) in [5.41, 5.74) is 1.46. The first-order chi connectivity index (χ1) is 11.9. The Hall–Kier alpha value is -1.16. The van der Waals surface area contributed by atoms with Gasteiger partial charge in [0.2, 0.25) is 0 Å². The van der Waals surface area contributed by atoms with Crippen LogP contribution in [0.3, 0.4) is 0 Å². The van der Waals surface area contributed by atoms with Gasteiger partial charge in [0.15, 0.2) is 12.4 Å². The Morgan fingerprint density at radius 2 is 1.76 bits per heavy atom. The van der Waals surface area contributed by atoms with E-state index in [0.717, 1.165) is 25.7 Å². The van der Waals surface area contributed by atoms with Crippen LogP contribution in [0.2, 0.25) is 0 Å². The Labute approximate surface area is 157 Å². The van der Waals surface area contributed by atoms with Crippen molar-refractivity contribution in [3.63, 3.8) is 0 Å². The maximum atomic E-state index is 12.9. The molecule has 4 aliphatic carbocycles. The Balaban J connectivity index is 1.41. The van der Waals surface area contributed by atoms with Gasteiger partial charge in [0, 0.05) is 9.89 Å². The third-order valence-electron chi connectivity index (χ3n) is 6.44. The average molecular weight is 405 g/mol. The van der Waals surface area contributed by atoms with E-state index in [4.69, 9.17) is 4.74 Å². The van der Waals surface area contributed by atoms with Crippen LogP contribution in [-0.2, 0) is 16.0 Å². The van der Waals surface area contributed by atoms with Gasteiger partial charge in [-0.3, -0.25) is 9.59 Å². The lowest BCUT2D eigenvalue weighted by Crippen LogP contribution is -2.56. The number of ether oxygens (including phenoxy) is 1. The number of ketones is 1. The molecule has 0 saturated heterocycles. The fourth-order valence-electron chi connectivity index (χ4n) is 5.68. The normalized spacial score (nSPS) is 35.6. The van der Waals surface area contributed by atoms with Crippen molar-refractivity contribution in [2.24, 2.45) is 17.3 Å². The molecule has 2 unspecified atom stereocenters. The van der Waals surface area contributed by atoms with Crippen LogP contribution in [0.1, 0.15) is 61.4 Å². The lowest BCUT2D eigenvalue weighted by atomic mass is 9.49. The highest BCUT2D eigenvalue weighted by Gasteiger charge is 2.60. The van der Waals surface area contributed by atoms with Gasteiger partial charge in [-0.1, -0.05) is 47.1 Å². The monoisotopic (exact) mass is 404 g/mol. The average Bonchev–Trinajstić information content (AvgIpc) is 2.57. The maximum absolute atomic E-state index is 12.9. The van der Waals surface area contributed by atoms with Crippen LogP contribution in [0.5, 0.6) is 0 Å². The molecule has 25 heavy (non-hydrogen) atoms. The summed E-state index contributed by atoms with van der Waals surface area (Å²) in [5, 5.41) is 0. The molecule has 0 amide bonds. The first-order valence-electron chi connectivity index (χ1n) is 9.40. The van der Waals surface area contributed by atoms with Crippen molar-refractivity contribution in [1.29, 1.82) is 0 Å². The molecule has 0 spiro atoms. The summed E-state index contributed by atoms with van der Waals surface area (Å²) in [7, 11) is 0. The van der Waals surface area contributed by atoms with Crippen LogP contribution in [0.15, 0.2) is 24.3 Å². The van der Waals surface area contributed by atoms with Gasteiger partial charge in [0.1, 0.15) is 0 Å². The second-order valence-corrected chi connectivity index (χ2v) is 10.1. The third kappa shape index (κ3) is 3.18. The minimum Gasteiger partial charge on any atom is -0.457 e. The lowest BCUT2D eigenvalue weighted by Gasteiger charge is -2.58. The van der Waals surface area contributed by atoms with E-state index in [-0.39, 0.29) is 28.1 Å². The van der Waals surface area contributed by atoms with Gasteiger partial charge < -0.3 is 4.74 Å². The van der Waals surface area contributed by atoms with Crippen LogP contribution >= 0.6 is 15.9 Å². The number of esters is 1. The lowest BCUT2D eigenvalue weighted by molar-refractivity contribution is -0.168. The second kappa shape index (κ2) is 6.22. The molecule has 4 fully saturated rings. The summed E-state index contributed by atoms with van der Waals surface area (Å²) >= 11 is 3.92. The zero-order valence-electron chi connectivity index (χ0n) is 14.7. The summed E-state index contributed by atoms with van der Waals surface area (Å²) in [6.45, 7) is 1.94. The maximum Gasteiger partial charge on any atom is 0.312 e. The van der Waals surface area contributed by atoms with Gasteiger partial charge in [-0.05, 0) is 62.3 Å². The number of hydrogen-bond donors (Lipinski definition) is 0. The van der Waals surface area contributed by atoms with E-state index in [9.17, 15) is 9.59 Å². The molecule has 0 aromatic heterocycles. The van der Waals surface area contributed by atoms with E-state index >= 15 is 0 Å². The van der Waals surface area contributed by atoms with Crippen molar-refractivity contribution >= 4 is 27.7 Å². The highest BCUT2D eigenvalue weighted by Crippen LogP contribution is 2.64. The smallest absolute Gasteiger partial charge is 0.312 e. The summed E-state index contributed by atoms with van der Waals surface area (Å²) in [6.07, 6.45) is 7.31. The van der Waals surface area contributed by atoms with Gasteiger partial charge >= 0.3 is 5.97 Å². The fraction of sp³-hybridized carbons (Fsp3) is 0.619. The molecule has 4 atom stereocenters. The van der Waals surface area contributed by atoms with Crippen LogP contribution in [0, 0.1) is 17.3 Å². The van der Waals surface area contributed by atoms with Crippen LogP contribution in [-0.4, -0.2) is 22.7 Å². The van der Waals surface area contributed by atoms with Crippen LogP contribution in [0.25, 0.3) is 0 Å². The first kappa shape index (κ1) is 17.3. The van der Waals surface area contributed by atoms with Crippen molar-refractivity contribution in [2.45, 2.75) is 56.2 Å². The second-order valence-electron chi connectivity index (χ2n) is 8.44. The predicted molar refractivity (Wildman–Crippen MR) is 99.9 cm³/mol. The number of Topliss-reactive ketones (excluding diaryl/α,β-unsaturated/α-hetero) is 1. The van der Waals surface area contributed by atoms with Crippen molar-refractivity contribution in [1.82, 2.24) is 0 Å². The van der Waals surface area contributed by atoms with Gasteiger partial charge in [-0.15, -0.1) is 0 Å². The Morgan fingerprint density at radius 3 is 2.32 bits per heavy atom. The van der Waals surface area contributed by atoms with Crippen LogP contribution in [0.4, 0.5) is 0 Å². The van der Waals surface area contributed by atoms with Gasteiger partial charge in [0.05, 0.1) is 5.41 Å². The summed E-state index contributed by atoms with van der Waals surface area (Å²) in [4.78, 5) is 25.2. The topological polar surface area (TPSA) is 43.4 Å². The summed E-state index contributed by atoms with van der Waals surface area (Å²) in [6, 6.07) is 7.58. The molecule has 134 valence electrons. The highest BCUT2D eigenvalue weighted by atomic mass is 79.9. The molecule has 0 heterocycles. The van der Waals surface area contributed by atoms with Gasteiger partial charge in [-0.25, -0.2) is 0 Å². The molecular weight excluding hydrogens is 380 g/mol. The number of benzene rings is 1. The molecule has 0 N–H and O–H groups in total. The van der Waals surface area contributed by atoms with Crippen molar-refractivity contribution in [3.05, 3.63) is 35.4 Å². The molecule has 1 aromatic rings. The molecule has 0 radical (unpaired) electrons. The Morgan fingerprint density at radius 1 is 1.12 bits per heavy atom. The van der Waals surface area contributed by atoms with E-state index in [1.54, 1.807) is 0 Å². The largest absolute Gasteiger partial charge is 0.457 e. The fourth-order valence-corrected chi connectivity index (χ4v) is 7.14. The van der Waals surface area contributed by atoms with Gasteiger partial charge in [0.25, 0.3) is 0 Å². The highest BCUT2D eigenvalue weighted by molar-refractivity contribution is 9.10. The summed E-state index contributed by atoms with van der Waals surface area (Å²) in [5.74, 6) is 0.995. The molecule has 4 bridgehead atoms. The number of hydrogen-bond acceptors (Lipinski definition) is 3. The molecule has 4 aliphatic rings. The zero-order valence-corrected chi connectivity index (χ0v) is 16.3. The minimum atomic E-state index is -0.361. The SMILES string of the molecule is CCc1ccc(C(=O)COC(=O)C23C[C@@H]4C[C@@H](CC(Br)(C4)C2)C3)cc1. The first-order valence-corrected chi connectivity index (χ1v) is 10.2. The van der Waals surface area contributed by atoms with E-state index in [1.807, 2.05) is 24.3 Å². The van der Waals surface area contributed by atoms with Crippen LogP contribution < -0.4 is 0 Å². The van der Waals surface area contributed by atoms with E-state index < -0.39 is 0 Å². The van der Waals surface area contributed by atoms with E-state index in [0.29, 0.717) is 17.4 Å². The van der Waals surface area contributed by atoms with Crippen molar-refractivity contribution in [3.8, 4) is 0 Å². The van der Waals surface area contributed by atoms with E-state index in [2.05, 4.69) is 22.9 Å². The van der Waals surface area contributed by atoms with E-state index in [1.165, 1.54) is 24.8 Å². The van der Waals surface area contributed by atoms with Crippen molar-refractivity contribution in [2.75, 3.05) is 6.61 Å². The molecule has 0 aliphatic heterocycles. The Kier molecular flexibility index (Phi) is 4.30. The molecule has 3 nitrogen and oxygen atoms in total. The quantitative estimate of drug-likeness (QED) is 0.405. The predicted octanol–water partition coefficient (Wildman–Crippen LogP) is 4.71. The molecule has 5 rings (SSSR count). The number of alkyl halides is 1. The van der Waals surface area contributed by atoms with Crippen molar-refractivity contribution < 1.29 is 14.3 Å². The number of rotatable bonds is 5. The molecule has 1 aromatic carbocycles. The molecule has 4 saturated carbocycles. The third-order valence-corrected chi connectivity index (χ3v) is 7.37.